The van der Waals surface area contributed by atoms with Crippen LogP contribution in [-0.2, 0) is 30.5 Å². The number of amides is 3. The molecule has 30 heavy (non-hydrogen) atoms. The highest BCUT2D eigenvalue weighted by atomic mass is 35.5. The highest BCUT2D eigenvalue weighted by Gasteiger charge is 2.25. The standard InChI is InChI=1S/C20H29N3O6.ClH/c1-13(22-19(27)29-20(2,3)4)18(26)23-15(17(21)25)10-11-16(24)28-12-14-8-6-5-7-9-14;/h5-9,13,15H,10-12H2,1-4H3,(H2,21,25)(H,22,27)(H,23,26);1H/t13-,15-;/m0./s1/i/hD. The van der Waals surface area contributed by atoms with Gasteiger partial charge in [0.15, 0.2) is 1.41 Å². The second-order valence-electron chi connectivity index (χ2n) is 7.43. The molecule has 0 aliphatic carbocycles. The maximum atomic E-state index is 12.3. The zero-order chi connectivity index (χ0) is 22.9. The molecular weight excluding hydrogens is 414 g/mol. The first kappa shape index (κ1) is 25.2. The fourth-order valence-corrected chi connectivity index (χ4v) is 2.16. The average Bonchev–Trinajstić information content (AvgIpc) is 2.67. The Morgan fingerprint density at radius 3 is 2.30 bits per heavy atom. The molecule has 0 radical (unpaired) electrons. The maximum Gasteiger partial charge on any atom is 0.408 e. The van der Waals surface area contributed by atoms with Gasteiger partial charge in [-0.3, -0.25) is 14.4 Å². The highest BCUT2D eigenvalue weighted by Crippen LogP contribution is 2.07. The zero-order valence-corrected chi connectivity index (χ0v) is 18.4. The van der Waals surface area contributed by atoms with Crippen molar-refractivity contribution in [3.05, 3.63) is 35.9 Å². The van der Waals surface area contributed by atoms with E-state index in [1.54, 1.807) is 32.9 Å². The van der Waals surface area contributed by atoms with Crippen molar-refractivity contribution < 1.29 is 30.1 Å². The van der Waals surface area contributed by atoms with Gasteiger partial charge >= 0.3 is 12.1 Å². The molecular formula is C20H30ClN3O6. The third-order valence-electron chi connectivity index (χ3n) is 3.61. The summed E-state index contributed by atoms with van der Waals surface area (Å²) >= 11 is 0. The molecule has 0 saturated heterocycles. The second-order valence-corrected chi connectivity index (χ2v) is 7.43. The summed E-state index contributed by atoms with van der Waals surface area (Å²) in [4.78, 5) is 47.8. The van der Waals surface area contributed by atoms with E-state index in [2.05, 4.69) is 5.32 Å². The van der Waals surface area contributed by atoms with Crippen molar-refractivity contribution in [2.24, 2.45) is 5.73 Å². The molecule has 0 unspecified atom stereocenters. The Bertz CT molecular complexity index is 757. The molecule has 0 aliphatic heterocycles. The Kier molecular flexibility index (Phi) is 10.7. The zero-order valence-electron chi connectivity index (χ0n) is 18.5. The number of halogens is 1. The molecule has 0 fully saturated rings. The molecule has 0 aliphatic rings. The van der Waals surface area contributed by atoms with Gasteiger partial charge in [0.25, 0.3) is 0 Å². The largest absolute Gasteiger partial charge is 0.461 e. The number of carbonyl (C=O) groups is 4. The van der Waals surface area contributed by atoms with E-state index >= 15 is 0 Å². The van der Waals surface area contributed by atoms with Crippen LogP contribution in [0.15, 0.2) is 30.3 Å². The number of hydrogen-bond acceptors (Lipinski definition) is 6. The van der Waals surface area contributed by atoms with Gasteiger partial charge in [0, 0.05) is 6.42 Å². The van der Waals surface area contributed by atoms with Crippen LogP contribution in [0.1, 0.15) is 46.1 Å². The molecule has 9 nitrogen and oxygen atoms in total. The van der Waals surface area contributed by atoms with Crippen LogP contribution in [0.2, 0.25) is 1.41 Å². The van der Waals surface area contributed by atoms with E-state index < -0.39 is 41.6 Å². The molecule has 1 aromatic rings. The van der Waals surface area contributed by atoms with Crippen LogP contribution in [0.3, 0.4) is 0 Å². The molecule has 0 aromatic heterocycles. The van der Waals surface area contributed by atoms with Gasteiger partial charge in [-0.05, 0) is 39.7 Å². The van der Waals surface area contributed by atoms with Crippen molar-refractivity contribution in [1.29, 1.82) is 0 Å². The monoisotopic (exact) mass is 444 g/mol. The number of esters is 1. The quantitative estimate of drug-likeness (QED) is 0.497. The van der Waals surface area contributed by atoms with Crippen molar-refractivity contribution in [2.75, 3.05) is 0 Å². The second kappa shape index (κ2) is 12.7. The number of ether oxygens (including phenoxy) is 2. The van der Waals surface area contributed by atoms with Crippen LogP contribution >= 0.6 is 12.4 Å². The van der Waals surface area contributed by atoms with Crippen molar-refractivity contribution >= 4 is 36.3 Å². The minimum absolute atomic E-state index is 0. The summed E-state index contributed by atoms with van der Waals surface area (Å²) in [5.41, 5.74) is 5.28. The number of hydrogen-bond donors (Lipinski definition) is 3. The molecule has 1 rings (SSSR count). The van der Waals surface area contributed by atoms with E-state index in [0.717, 1.165) is 5.56 Å². The van der Waals surface area contributed by atoms with Gasteiger partial charge in [0.2, 0.25) is 11.8 Å². The lowest BCUT2D eigenvalue weighted by Crippen LogP contribution is -2.52. The van der Waals surface area contributed by atoms with Crippen LogP contribution in [0.25, 0.3) is 0 Å². The summed E-state index contributed by atoms with van der Waals surface area (Å²) in [5.74, 6) is -2.18. The van der Waals surface area contributed by atoms with Gasteiger partial charge < -0.3 is 25.8 Å². The molecule has 0 heterocycles. The van der Waals surface area contributed by atoms with E-state index in [4.69, 9.17) is 16.6 Å². The molecule has 0 spiro atoms. The number of nitrogens with two attached hydrogens (primary N) is 1. The normalized spacial score (nSPS) is 13.0. The maximum absolute atomic E-state index is 12.3. The van der Waals surface area contributed by atoms with Gasteiger partial charge in [0.05, 0.1) is 0 Å². The Labute approximate surface area is 183 Å². The van der Waals surface area contributed by atoms with E-state index in [9.17, 15) is 19.2 Å². The smallest absolute Gasteiger partial charge is 0.408 e. The summed E-state index contributed by atoms with van der Waals surface area (Å²) in [6.07, 6.45) is -1.23. The summed E-state index contributed by atoms with van der Waals surface area (Å²) in [6.45, 7) is 6.28. The first-order valence-electron chi connectivity index (χ1n) is 9.65. The predicted octanol–water partition coefficient (Wildman–Crippen LogP) is 1.82. The first-order chi connectivity index (χ1) is 13.9. The number of alkyl carbamates (subject to hydrolysis) is 1. The number of primary amides is 1. The Hall–Kier alpha value is -2.81. The fourth-order valence-electron chi connectivity index (χ4n) is 2.16. The molecule has 0 saturated carbocycles. The fraction of sp³-hybridized carbons (Fsp3) is 0.500. The van der Waals surface area contributed by atoms with Gasteiger partial charge in [-0.25, -0.2) is 4.79 Å². The van der Waals surface area contributed by atoms with E-state index in [-0.39, 0.29) is 31.9 Å². The third-order valence-corrected chi connectivity index (χ3v) is 3.61. The van der Waals surface area contributed by atoms with Gasteiger partial charge in [0.1, 0.15) is 24.3 Å². The van der Waals surface area contributed by atoms with Crippen LogP contribution in [0.4, 0.5) is 4.79 Å². The van der Waals surface area contributed by atoms with Gasteiger partial charge in [-0.1, -0.05) is 30.3 Å². The SMILES string of the molecule is Cl.[2H]N(C(=O)OC(C)(C)C)[C@@H](C)C(=O)N[C@@H](CCC(=O)OCc1ccccc1)C(N)=O. The molecule has 168 valence electrons. The lowest BCUT2D eigenvalue weighted by Gasteiger charge is -2.22. The molecule has 1 aromatic carbocycles. The summed E-state index contributed by atoms with van der Waals surface area (Å²) in [6, 6.07) is 6.68. The summed E-state index contributed by atoms with van der Waals surface area (Å²) in [5, 5.41) is 2.72. The molecule has 4 N–H and O–H groups in total. The lowest BCUT2D eigenvalue weighted by molar-refractivity contribution is -0.145. The number of benzene rings is 1. The summed E-state index contributed by atoms with van der Waals surface area (Å²) < 4.78 is 17.9. The van der Waals surface area contributed by atoms with E-state index in [1.807, 2.05) is 18.2 Å². The average molecular weight is 445 g/mol. The highest BCUT2D eigenvalue weighted by molar-refractivity contribution is 5.90. The molecule has 10 heteroatoms. The molecule has 0 bridgehead atoms. The van der Waals surface area contributed by atoms with E-state index in [0.29, 0.717) is 5.31 Å². The van der Waals surface area contributed by atoms with Crippen molar-refractivity contribution in [2.45, 2.75) is 64.8 Å². The van der Waals surface area contributed by atoms with Crippen molar-refractivity contribution in [3.8, 4) is 0 Å². The Morgan fingerprint density at radius 2 is 1.77 bits per heavy atom. The predicted molar refractivity (Wildman–Crippen MR) is 113 cm³/mol. The molecule has 3 amide bonds. The third kappa shape index (κ3) is 11.3. The van der Waals surface area contributed by atoms with Gasteiger partial charge in [-0.15, -0.1) is 12.4 Å². The topological polar surface area (TPSA) is 137 Å². The van der Waals surface area contributed by atoms with Crippen LogP contribution in [-0.4, -0.2) is 41.6 Å². The van der Waals surface area contributed by atoms with E-state index in [1.165, 1.54) is 6.92 Å². The van der Waals surface area contributed by atoms with Crippen molar-refractivity contribution in [3.63, 3.8) is 0 Å². The number of carbonyl (C=O) groups excluding carboxylic acids is 4. The first-order valence-corrected chi connectivity index (χ1v) is 9.21. The minimum Gasteiger partial charge on any atom is -0.461 e. The van der Waals surface area contributed by atoms with Crippen molar-refractivity contribution in [1.82, 2.24) is 10.6 Å². The van der Waals surface area contributed by atoms with Crippen LogP contribution in [0, 0.1) is 0 Å². The Morgan fingerprint density at radius 1 is 1.17 bits per heavy atom. The summed E-state index contributed by atoms with van der Waals surface area (Å²) in [7, 11) is 0. The van der Waals surface area contributed by atoms with Crippen LogP contribution < -0.4 is 16.4 Å². The van der Waals surface area contributed by atoms with Gasteiger partial charge in [-0.2, -0.15) is 0 Å². The number of nitrogens with one attached hydrogen (secondary N) is 2. The minimum atomic E-state index is -1.24. The number of rotatable bonds is 9. The Balaban J connectivity index is 0.00000900. The molecule has 2 atom stereocenters. The van der Waals surface area contributed by atoms with Crippen LogP contribution in [0.5, 0.6) is 0 Å². The lowest BCUT2D eigenvalue weighted by atomic mass is 10.1.